The average molecular weight is 198 g/mol. The lowest BCUT2D eigenvalue weighted by Crippen LogP contribution is -1.73. The number of carbonyl (C=O) groups is 1. The molecule has 0 aliphatic rings. The Hall–Kier alpha value is -1.89. The zero-order valence-corrected chi connectivity index (χ0v) is 8.76. The maximum absolute atomic E-state index is 10.0. The second-order valence-electron chi connectivity index (χ2n) is 3.18. The molecule has 0 atom stereocenters. The molecule has 15 heavy (non-hydrogen) atoms. The van der Waals surface area contributed by atoms with Gasteiger partial charge < -0.3 is 0 Å². The summed E-state index contributed by atoms with van der Waals surface area (Å²) in [7, 11) is 0. The fraction of sp³-hybridized carbons (Fsp3) is 0.0714. The van der Waals surface area contributed by atoms with Crippen LogP contribution in [-0.2, 0) is 0 Å². The predicted octanol–water partition coefficient (Wildman–Crippen LogP) is 3.49. The molecule has 1 nitrogen and oxygen atoms in total. The Bertz CT molecular complexity index is 379. The van der Waals surface area contributed by atoms with Gasteiger partial charge in [0.05, 0.1) is 0 Å². The third-order valence-corrected chi connectivity index (χ3v) is 1.88. The van der Waals surface area contributed by atoms with Gasteiger partial charge in [-0.3, -0.25) is 4.79 Å². The van der Waals surface area contributed by atoms with Gasteiger partial charge in [-0.25, -0.2) is 0 Å². The molecule has 0 heterocycles. The van der Waals surface area contributed by atoms with Crippen molar-refractivity contribution in [3.05, 3.63) is 71.8 Å². The first-order valence-corrected chi connectivity index (χ1v) is 4.85. The van der Waals surface area contributed by atoms with E-state index in [1.807, 2.05) is 36.4 Å². The van der Waals surface area contributed by atoms with Crippen molar-refractivity contribution in [2.24, 2.45) is 0 Å². The van der Waals surface area contributed by atoms with E-state index in [1.165, 1.54) is 5.56 Å². The van der Waals surface area contributed by atoms with Crippen LogP contribution in [0, 0.1) is 6.92 Å². The highest BCUT2D eigenvalue weighted by molar-refractivity contribution is 5.74. The smallest absolute Gasteiger partial charge is 0.150 e. The summed E-state index contributed by atoms with van der Waals surface area (Å²) in [5.41, 5.74) is 2.05. The Morgan fingerprint density at radius 3 is 1.53 bits per heavy atom. The van der Waals surface area contributed by atoms with Gasteiger partial charge in [-0.2, -0.15) is 0 Å². The zero-order chi connectivity index (χ0) is 10.9. The molecule has 0 N–H and O–H groups in total. The fourth-order valence-corrected chi connectivity index (χ4v) is 1.07. The van der Waals surface area contributed by atoms with Crippen LogP contribution < -0.4 is 0 Å². The SMILES string of the molecule is Cc1ccccc1.O=Cc1ccccc1. The topological polar surface area (TPSA) is 17.1 Å². The molecule has 0 saturated carbocycles. The van der Waals surface area contributed by atoms with E-state index >= 15 is 0 Å². The lowest BCUT2D eigenvalue weighted by molar-refractivity contribution is 0.112. The minimum atomic E-state index is 0.729. The first-order valence-electron chi connectivity index (χ1n) is 4.85. The lowest BCUT2D eigenvalue weighted by atomic mass is 10.2. The Balaban J connectivity index is 0.000000151. The van der Waals surface area contributed by atoms with Crippen LogP contribution in [0.3, 0.4) is 0 Å². The van der Waals surface area contributed by atoms with Crippen LogP contribution in [0.2, 0.25) is 0 Å². The monoisotopic (exact) mass is 198 g/mol. The van der Waals surface area contributed by atoms with Crippen molar-refractivity contribution in [2.45, 2.75) is 6.92 Å². The van der Waals surface area contributed by atoms with E-state index in [9.17, 15) is 4.79 Å². The minimum absolute atomic E-state index is 0.729. The van der Waals surface area contributed by atoms with Gasteiger partial charge in [0, 0.05) is 5.56 Å². The van der Waals surface area contributed by atoms with Crippen molar-refractivity contribution in [3.63, 3.8) is 0 Å². The molecular formula is C14H14O. The number of rotatable bonds is 1. The largest absolute Gasteiger partial charge is 0.298 e. The van der Waals surface area contributed by atoms with Crippen molar-refractivity contribution >= 4 is 6.29 Å². The van der Waals surface area contributed by atoms with Gasteiger partial charge >= 0.3 is 0 Å². The summed E-state index contributed by atoms with van der Waals surface area (Å²) in [5, 5.41) is 0. The van der Waals surface area contributed by atoms with Gasteiger partial charge in [0.15, 0.2) is 0 Å². The van der Waals surface area contributed by atoms with E-state index in [4.69, 9.17) is 0 Å². The average Bonchev–Trinajstić information content (AvgIpc) is 2.32. The number of hydrogen-bond acceptors (Lipinski definition) is 1. The van der Waals surface area contributed by atoms with Crippen molar-refractivity contribution in [1.29, 1.82) is 0 Å². The molecule has 0 bridgehead atoms. The minimum Gasteiger partial charge on any atom is -0.298 e. The summed E-state index contributed by atoms with van der Waals surface area (Å²) in [6.07, 6.45) is 0.833. The van der Waals surface area contributed by atoms with Crippen molar-refractivity contribution in [2.75, 3.05) is 0 Å². The number of hydrogen-bond donors (Lipinski definition) is 0. The standard InChI is InChI=1S/C7H6O.C7H8/c8-6-7-4-2-1-3-5-7;1-7-5-3-2-4-6-7/h1-6H;2-6H,1H3. The summed E-state index contributed by atoms with van der Waals surface area (Å²) < 4.78 is 0. The molecule has 0 saturated heterocycles. The molecule has 0 aromatic heterocycles. The molecule has 0 fully saturated rings. The van der Waals surface area contributed by atoms with E-state index < -0.39 is 0 Å². The zero-order valence-electron chi connectivity index (χ0n) is 8.76. The van der Waals surface area contributed by atoms with Gasteiger partial charge in [0.25, 0.3) is 0 Å². The molecule has 0 aliphatic carbocycles. The molecule has 0 aliphatic heterocycles. The van der Waals surface area contributed by atoms with E-state index in [1.54, 1.807) is 12.1 Å². The van der Waals surface area contributed by atoms with Crippen molar-refractivity contribution < 1.29 is 4.79 Å². The van der Waals surface area contributed by atoms with Crippen LogP contribution in [0.4, 0.5) is 0 Å². The Labute approximate surface area is 90.4 Å². The maximum atomic E-state index is 10.0. The third-order valence-electron chi connectivity index (χ3n) is 1.88. The first kappa shape index (κ1) is 11.2. The summed E-state index contributed by atoms with van der Waals surface area (Å²) in [5.74, 6) is 0. The Kier molecular flexibility index (Phi) is 4.88. The van der Waals surface area contributed by atoms with Crippen LogP contribution in [0.1, 0.15) is 15.9 Å². The fourth-order valence-electron chi connectivity index (χ4n) is 1.07. The first-order chi connectivity index (χ1) is 7.33. The second-order valence-corrected chi connectivity index (χ2v) is 3.18. The highest BCUT2D eigenvalue weighted by Gasteiger charge is 1.80. The molecule has 2 rings (SSSR count). The molecule has 2 aromatic rings. The van der Waals surface area contributed by atoms with E-state index in [2.05, 4.69) is 19.1 Å². The maximum Gasteiger partial charge on any atom is 0.150 e. The van der Waals surface area contributed by atoms with Gasteiger partial charge in [0.1, 0.15) is 6.29 Å². The van der Waals surface area contributed by atoms with Gasteiger partial charge in [-0.15, -0.1) is 0 Å². The molecular weight excluding hydrogens is 184 g/mol. The summed E-state index contributed by atoms with van der Waals surface area (Å²) >= 11 is 0. The number of aldehydes is 1. The van der Waals surface area contributed by atoms with E-state index in [0.29, 0.717) is 0 Å². The highest BCUT2D eigenvalue weighted by atomic mass is 16.1. The summed E-state index contributed by atoms with van der Waals surface area (Å²) in [4.78, 5) is 10.0. The normalized spacial score (nSPS) is 8.60. The van der Waals surface area contributed by atoms with Crippen LogP contribution in [0.15, 0.2) is 60.7 Å². The van der Waals surface area contributed by atoms with E-state index in [-0.39, 0.29) is 0 Å². The molecule has 0 amide bonds. The number of benzene rings is 2. The van der Waals surface area contributed by atoms with Gasteiger partial charge in [-0.1, -0.05) is 66.2 Å². The molecule has 2 aromatic carbocycles. The summed E-state index contributed by atoms with van der Waals surface area (Å²) in [6.45, 7) is 2.08. The van der Waals surface area contributed by atoms with E-state index in [0.717, 1.165) is 11.8 Å². The molecule has 0 spiro atoms. The Morgan fingerprint density at radius 2 is 1.27 bits per heavy atom. The number of carbonyl (C=O) groups excluding carboxylic acids is 1. The highest BCUT2D eigenvalue weighted by Crippen LogP contribution is 1.92. The van der Waals surface area contributed by atoms with Crippen molar-refractivity contribution in [3.8, 4) is 0 Å². The van der Waals surface area contributed by atoms with Gasteiger partial charge in [-0.05, 0) is 6.92 Å². The van der Waals surface area contributed by atoms with Crippen LogP contribution in [-0.4, -0.2) is 6.29 Å². The quantitative estimate of drug-likeness (QED) is 0.641. The third kappa shape index (κ3) is 4.77. The van der Waals surface area contributed by atoms with Gasteiger partial charge in [0.2, 0.25) is 0 Å². The second kappa shape index (κ2) is 6.55. The van der Waals surface area contributed by atoms with Crippen molar-refractivity contribution in [1.82, 2.24) is 0 Å². The number of aryl methyl sites for hydroxylation is 1. The molecule has 76 valence electrons. The molecule has 1 heteroatoms. The molecule has 0 radical (unpaired) electrons. The molecule has 0 unspecified atom stereocenters. The van der Waals surface area contributed by atoms with Crippen LogP contribution in [0.5, 0.6) is 0 Å². The lowest BCUT2D eigenvalue weighted by Gasteiger charge is -1.82. The van der Waals surface area contributed by atoms with Crippen LogP contribution >= 0.6 is 0 Å². The predicted molar refractivity (Wildman–Crippen MR) is 63.0 cm³/mol. The van der Waals surface area contributed by atoms with Crippen LogP contribution in [0.25, 0.3) is 0 Å². The Morgan fingerprint density at radius 1 is 0.800 bits per heavy atom. The summed E-state index contributed by atoms with van der Waals surface area (Å²) in [6, 6.07) is 19.4.